The van der Waals surface area contributed by atoms with Gasteiger partial charge in [0.05, 0.1) is 18.1 Å². The van der Waals surface area contributed by atoms with Crippen LogP contribution in [0.3, 0.4) is 0 Å². The van der Waals surface area contributed by atoms with Crippen LogP contribution in [0.15, 0.2) is 24.3 Å². The number of nitrogens with one attached hydrogen (secondary N) is 2. The van der Waals surface area contributed by atoms with Gasteiger partial charge in [0.2, 0.25) is 5.91 Å². The molecule has 0 saturated carbocycles. The lowest BCUT2D eigenvalue weighted by atomic mass is 10.0. The van der Waals surface area contributed by atoms with Crippen molar-refractivity contribution in [3.63, 3.8) is 0 Å². The van der Waals surface area contributed by atoms with Crippen molar-refractivity contribution in [2.24, 2.45) is 5.92 Å². The molecule has 0 spiro atoms. The van der Waals surface area contributed by atoms with E-state index >= 15 is 0 Å². The van der Waals surface area contributed by atoms with Gasteiger partial charge in [-0.3, -0.25) is 4.79 Å². The van der Waals surface area contributed by atoms with Gasteiger partial charge >= 0.3 is 0 Å². The summed E-state index contributed by atoms with van der Waals surface area (Å²) in [7, 11) is 0. The van der Waals surface area contributed by atoms with Gasteiger partial charge in [0.15, 0.2) is 0 Å². The Hall–Kier alpha value is -1.55. The third-order valence-electron chi connectivity index (χ3n) is 3.24. The molecule has 1 heterocycles. The zero-order valence-electron chi connectivity index (χ0n) is 11.8. The average Bonchev–Trinajstić information content (AvgIpc) is 2.25. The first kappa shape index (κ1) is 13.9. The molecule has 4 heteroatoms. The molecule has 0 aliphatic carbocycles. The lowest BCUT2D eigenvalue weighted by molar-refractivity contribution is -0.127. The molecule has 2 N–H and O–H groups in total. The van der Waals surface area contributed by atoms with Crippen molar-refractivity contribution < 1.29 is 9.53 Å². The zero-order chi connectivity index (χ0) is 13.8. The van der Waals surface area contributed by atoms with Gasteiger partial charge in [-0.25, -0.2) is 0 Å². The predicted molar refractivity (Wildman–Crippen MR) is 75.1 cm³/mol. The minimum Gasteiger partial charge on any atom is -0.491 e. The number of benzene rings is 1. The molecule has 1 aliphatic rings. The first-order valence-electron chi connectivity index (χ1n) is 6.84. The van der Waals surface area contributed by atoms with E-state index in [1.165, 1.54) is 0 Å². The second kappa shape index (κ2) is 6.06. The highest BCUT2D eigenvalue weighted by molar-refractivity contribution is 5.80. The van der Waals surface area contributed by atoms with Crippen LogP contribution in [0.25, 0.3) is 0 Å². The number of rotatable bonds is 5. The van der Waals surface area contributed by atoms with Crippen LogP contribution < -0.4 is 15.4 Å². The third kappa shape index (κ3) is 3.70. The summed E-state index contributed by atoms with van der Waals surface area (Å²) in [6, 6.07) is 7.90. The Bertz CT molecular complexity index is 442. The van der Waals surface area contributed by atoms with E-state index in [-0.39, 0.29) is 24.0 Å². The quantitative estimate of drug-likeness (QED) is 0.851. The van der Waals surface area contributed by atoms with Crippen molar-refractivity contribution in [3.8, 4) is 5.75 Å². The molecule has 1 aromatic rings. The van der Waals surface area contributed by atoms with Crippen molar-refractivity contribution in [3.05, 3.63) is 29.8 Å². The number of ether oxygens (including phenoxy) is 1. The molecule has 0 bridgehead atoms. The van der Waals surface area contributed by atoms with Gasteiger partial charge in [-0.2, -0.15) is 0 Å². The molecule has 1 saturated heterocycles. The fraction of sp³-hybridized carbons (Fsp3) is 0.533. The summed E-state index contributed by atoms with van der Waals surface area (Å²) < 4.78 is 5.67. The maximum Gasteiger partial charge on any atom is 0.226 e. The Balaban J connectivity index is 1.97. The maximum absolute atomic E-state index is 11.9. The van der Waals surface area contributed by atoms with E-state index in [9.17, 15) is 4.79 Å². The third-order valence-corrected chi connectivity index (χ3v) is 3.24. The summed E-state index contributed by atoms with van der Waals surface area (Å²) in [5.74, 6) is 1.10. The van der Waals surface area contributed by atoms with Crippen molar-refractivity contribution in [1.82, 2.24) is 10.6 Å². The molecule has 1 aliphatic heterocycles. The number of hydrogen-bond acceptors (Lipinski definition) is 3. The van der Waals surface area contributed by atoms with Crippen LogP contribution in [0.1, 0.15) is 32.4 Å². The molecular weight excluding hydrogens is 240 g/mol. The summed E-state index contributed by atoms with van der Waals surface area (Å²) in [5, 5.41) is 6.15. The highest BCUT2D eigenvalue weighted by Gasteiger charge is 2.25. The summed E-state index contributed by atoms with van der Waals surface area (Å²) in [5.41, 5.74) is 1.07. The van der Waals surface area contributed by atoms with Crippen LogP contribution in [0.5, 0.6) is 5.75 Å². The molecular formula is C15H22N2O2. The molecule has 1 unspecified atom stereocenters. The highest BCUT2D eigenvalue weighted by atomic mass is 16.5. The molecule has 1 amide bonds. The minimum atomic E-state index is 0.00353. The lowest BCUT2D eigenvalue weighted by Gasteiger charge is -2.27. The largest absolute Gasteiger partial charge is 0.491 e. The molecule has 0 radical (unpaired) electrons. The van der Waals surface area contributed by atoms with Crippen molar-refractivity contribution in [1.29, 1.82) is 0 Å². The number of carbonyl (C=O) groups is 1. The van der Waals surface area contributed by atoms with Gasteiger partial charge in [0.1, 0.15) is 5.75 Å². The molecule has 104 valence electrons. The van der Waals surface area contributed by atoms with Crippen molar-refractivity contribution in [2.45, 2.75) is 32.9 Å². The second-order valence-electron chi connectivity index (χ2n) is 5.32. The van der Waals surface area contributed by atoms with Crippen LogP contribution in [-0.2, 0) is 4.79 Å². The first-order valence-corrected chi connectivity index (χ1v) is 6.84. The summed E-state index contributed by atoms with van der Waals surface area (Å²) in [6.45, 7) is 7.57. The molecule has 1 atom stereocenters. The van der Waals surface area contributed by atoms with E-state index in [4.69, 9.17) is 4.74 Å². The van der Waals surface area contributed by atoms with E-state index < -0.39 is 0 Å². The van der Waals surface area contributed by atoms with Gasteiger partial charge < -0.3 is 15.4 Å². The topological polar surface area (TPSA) is 50.4 Å². The molecule has 2 rings (SSSR count). The SMILES string of the molecule is CC(C)Oc1cccc(C(C)NC(=O)C2CNC2)c1. The van der Waals surface area contributed by atoms with Crippen LogP contribution in [-0.4, -0.2) is 25.1 Å². The van der Waals surface area contributed by atoms with E-state index in [0.29, 0.717) is 0 Å². The number of amides is 1. The second-order valence-corrected chi connectivity index (χ2v) is 5.32. The molecule has 1 fully saturated rings. The molecule has 0 aromatic heterocycles. The Morgan fingerprint density at radius 3 is 2.68 bits per heavy atom. The Morgan fingerprint density at radius 1 is 1.37 bits per heavy atom. The van der Waals surface area contributed by atoms with Crippen LogP contribution in [0, 0.1) is 5.92 Å². The van der Waals surface area contributed by atoms with E-state index in [0.717, 1.165) is 24.4 Å². The lowest BCUT2D eigenvalue weighted by Crippen LogP contribution is -2.51. The van der Waals surface area contributed by atoms with Crippen LogP contribution in [0.4, 0.5) is 0 Å². The molecule has 19 heavy (non-hydrogen) atoms. The van der Waals surface area contributed by atoms with Crippen molar-refractivity contribution in [2.75, 3.05) is 13.1 Å². The van der Waals surface area contributed by atoms with E-state index in [1.807, 2.05) is 45.0 Å². The average molecular weight is 262 g/mol. The minimum absolute atomic E-state index is 0.00353. The first-order chi connectivity index (χ1) is 9.06. The molecule has 1 aromatic carbocycles. The number of carbonyl (C=O) groups excluding carboxylic acids is 1. The van der Waals surface area contributed by atoms with Crippen molar-refractivity contribution >= 4 is 5.91 Å². The smallest absolute Gasteiger partial charge is 0.226 e. The monoisotopic (exact) mass is 262 g/mol. The number of hydrogen-bond donors (Lipinski definition) is 2. The highest BCUT2D eigenvalue weighted by Crippen LogP contribution is 2.20. The summed E-state index contributed by atoms with van der Waals surface area (Å²) in [4.78, 5) is 11.9. The normalized spacial score (nSPS) is 16.8. The maximum atomic E-state index is 11.9. The van der Waals surface area contributed by atoms with Gasteiger partial charge in [-0.05, 0) is 38.5 Å². The van der Waals surface area contributed by atoms with E-state index in [2.05, 4.69) is 10.6 Å². The Labute approximate surface area is 114 Å². The van der Waals surface area contributed by atoms with Crippen LogP contribution in [0.2, 0.25) is 0 Å². The van der Waals surface area contributed by atoms with Crippen LogP contribution >= 0.6 is 0 Å². The summed E-state index contributed by atoms with van der Waals surface area (Å²) >= 11 is 0. The predicted octanol–water partition coefficient (Wildman–Crippen LogP) is 1.87. The summed E-state index contributed by atoms with van der Waals surface area (Å²) in [6.07, 6.45) is 0.154. The molecule has 4 nitrogen and oxygen atoms in total. The standard InChI is InChI=1S/C15H22N2O2/c1-10(2)19-14-6-4-5-12(7-14)11(3)17-15(18)13-8-16-9-13/h4-7,10-11,13,16H,8-9H2,1-3H3,(H,17,18). The fourth-order valence-corrected chi connectivity index (χ4v) is 2.02. The Kier molecular flexibility index (Phi) is 4.43. The zero-order valence-corrected chi connectivity index (χ0v) is 11.8. The van der Waals surface area contributed by atoms with E-state index in [1.54, 1.807) is 0 Å². The van der Waals surface area contributed by atoms with Gasteiger partial charge in [0.25, 0.3) is 0 Å². The van der Waals surface area contributed by atoms with Gasteiger partial charge in [0, 0.05) is 13.1 Å². The van der Waals surface area contributed by atoms with Gasteiger partial charge in [-0.15, -0.1) is 0 Å². The van der Waals surface area contributed by atoms with Gasteiger partial charge in [-0.1, -0.05) is 12.1 Å². The Morgan fingerprint density at radius 2 is 2.11 bits per heavy atom. The fourth-order valence-electron chi connectivity index (χ4n) is 2.02.